The second-order valence-corrected chi connectivity index (χ2v) is 7.01. The summed E-state index contributed by atoms with van der Waals surface area (Å²) >= 11 is 11.8. The van der Waals surface area contributed by atoms with Gasteiger partial charge in [0.15, 0.2) is 0 Å². The number of sulfonamides is 1. The molecule has 0 aliphatic heterocycles. The lowest BCUT2D eigenvalue weighted by molar-refractivity contribution is 0.0697. The molecule has 0 heterocycles. The highest BCUT2D eigenvalue weighted by atomic mass is 35.5. The van der Waals surface area contributed by atoms with Crippen LogP contribution < -0.4 is 4.72 Å². The molecule has 0 atom stereocenters. The third-order valence-corrected chi connectivity index (χ3v) is 5.03. The van der Waals surface area contributed by atoms with Crippen LogP contribution in [0.1, 0.15) is 15.9 Å². The molecule has 0 bridgehead atoms. The van der Waals surface area contributed by atoms with Crippen molar-refractivity contribution in [2.24, 2.45) is 0 Å². The van der Waals surface area contributed by atoms with E-state index in [0.29, 0.717) is 0 Å². The average Bonchev–Trinajstić information content (AvgIpc) is 2.43. The fraction of sp³-hybridized carbons (Fsp3) is 0.0714. The molecule has 0 amide bonds. The zero-order valence-corrected chi connectivity index (χ0v) is 13.6. The number of benzene rings is 2. The first-order valence-electron chi connectivity index (χ1n) is 6.02. The molecule has 0 aliphatic rings. The average molecular weight is 360 g/mol. The number of nitrogens with one attached hydrogen (secondary N) is 1. The summed E-state index contributed by atoms with van der Waals surface area (Å²) in [5.74, 6) is -1.24. The normalized spacial score (nSPS) is 11.2. The van der Waals surface area contributed by atoms with Gasteiger partial charge in [-0.05, 0) is 31.2 Å². The molecule has 0 fully saturated rings. The van der Waals surface area contributed by atoms with Gasteiger partial charge in [-0.1, -0.05) is 40.9 Å². The van der Waals surface area contributed by atoms with Crippen LogP contribution in [0.3, 0.4) is 0 Å². The molecule has 0 aliphatic carbocycles. The highest BCUT2D eigenvalue weighted by Gasteiger charge is 2.19. The number of carboxylic acids is 1. The van der Waals surface area contributed by atoms with Crippen molar-refractivity contribution in [2.75, 3.05) is 4.72 Å². The van der Waals surface area contributed by atoms with E-state index in [9.17, 15) is 13.2 Å². The molecule has 2 N–H and O–H groups in total. The number of hydrogen-bond acceptors (Lipinski definition) is 3. The van der Waals surface area contributed by atoms with Crippen molar-refractivity contribution in [2.45, 2.75) is 11.8 Å². The van der Waals surface area contributed by atoms with Crippen LogP contribution in [0, 0.1) is 6.92 Å². The maximum absolute atomic E-state index is 12.3. The van der Waals surface area contributed by atoms with E-state index in [1.165, 1.54) is 12.1 Å². The van der Waals surface area contributed by atoms with E-state index in [2.05, 4.69) is 4.72 Å². The van der Waals surface area contributed by atoms with E-state index in [-0.39, 0.29) is 26.2 Å². The van der Waals surface area contributed by atoms with Crippen molar-refractivity contribution in [3.05, 3.63) is 57.6 Å². The third kappa shape index (κ3) is 3.52. The van der Waals surface area contributed by atoms with Gasteiger partial charge in [0.05, 0.1) is 26.2 Å². The van der Waals surface area contributed by atoms with Gasteiger partial charge < -0.3 is 5.11 Å². The van der Waals surface area contributed by atoms with E-state index in [0.717, 1.165) is 17.7 Å². The number of carbonyl (C=O) groups is 1. The van der Waals surface area contributed by atoms with Gasteiger partial charge in [-0.2, -0.15) is 0 Å². The first kappa shape index (κ1) is 16.6. The van der Waals surface area contributed by atoms with Gasteiger partial charge in [0.2, 0.25) is 0 Å². The Bertz CT molecular complexity index is 833. The molecular formula is C14H11Cl2NO4S. The van der Waals surface area contributed by atoms with E-state index in [4.69, 9.17) is 28.3 Å². The summed E-state index contributed by atoms with van der Waals surface area (Å²) in [7, 11) is -3.90. The molecule has 0 saturated carbocycles. The van der Waals surface area contributed by atoms with Crippen LogP contribution in [-0.4, -0.2) is 19.5 Å². The Kier molecular flexibility index (Phi) is 4.65. The molecule has 0 unspecified atom stereocenters. The molecule has 0 saturated heterocycles. The first-order chi connectivity index (χ1) is 10.2. The minimum atomic E-state index is -3.90. The van der Waals surface area contributed by atoms with Gasteiger partial charge in [-0.15, -0.1) is 0 Å². The van der Waals surface area contributed by atoms with Crippen LogP contribution >= 0.6 is 23.2 Å². The Labute approximate surface area is 137 Å². The second kappa shape index (κ2) is 6.16. The topological polar surface area (TPSA) is 83.5 Å². The number of rotatable bonds is 4. The second-order valence-electron chi connectivity index (χ2n) is 4.54. The lowest BCUT2D eigenvalue weighted by Gasteiger charge is -2.11. The predicted octanol–water partition coefficient (Wildman–Crippen LogP) is 3.80. The summed E-state index contributed by atoms with van der Waals surface area (Å²) in [6, 6.07) is 8.44. The number of anilines is 1. The smallest absolute Gasteiger partial charge is 0.335 e. The van der Waals surface area contributed by atoms with E-state index < -0.39 is 16.0 Å². The highest BCUT2D eigenvalue weighted by Crippen LogP contribution is 2.33. The van der Waals surface area contributed by atoms with Crippen molar-refractivity contribution in [1.82, 2.24) is 0 Å². The Morgan fingerprint density at radius 2 is 1.73 bits per heavy atom. The number of aryl methyl sites for hydroxylation is 1. The fourth-order valence-corrected chi connectivity index (χ4v) is 3.20. The number of carboxylic acid groups (broad SMARTS) is 1. The summed E-state index contributed by atoms with van der Waals surface area (Å²) in [5.41, 5.74) is 0.649. The molecule has 8 heteroatoms. The van der Waals surface area contributed by atoms with Crippen molar-refractivity contribution in [1.29, 1.82) is 0 Å². The third-order valence-electron chi connectivity index (χ3n) is 2.85. The zero-order chi connectivity index (χ0) is 16.5. The molecule has 2 rings (SSSR count). The lowest BCUT2D eigenvalue weighted by Crippen LogP contribution is -2.14. The Morgan fingerprint density at radius 3 is 2.27 bits per heavy atom. The van der Waals surface area contributed by atoms with Gasteiger partial charge in [0.1, 0.15) is 0 Å². The SMILES string of the molecule is Cc1ccc(S(=O)(=O)Nc2cc(C(=O)O)cc(Cl)c2Cl)cc1. The van der Waals surface area contributed by atoms with Crippen molar-refractivity contribution in [3.63, 3.8) is 0 Å². The number of hydrogen-bond donors (Lipinski definition) is 2. The molecule has 2 aromatic rings. The Balaban J connectivity index is 2.45. The number of halogens is 2. The van der Waals surface area contributed by atoms with Gasteiger partial charge >= 0.3 is 5.97 Å². The van der Waals surface area contributed by atoms with Gasteiger partial charge in [-0.3, -0.25) is 4.72 Å². The van der Waals surface area contributed by atoms with Crippen LogP contribution in [0.25, 0.3) is 0 Å². The monoisotopic (exact) mass is 359 g/mol. The first-order valence-corrected chi connectivity index (χ1v) is 8.26. The summed E-state index contributed by atoms with van der Waals surface area (Å²) in [4.78, 5) is 11.0. The molecule has 0 spiro atoms. The minimum absolute atomic E-state index is 0.0333. The number of aromatic carboxylic acids is 1. The lowest BCUT2D eigenvalue weighted by atomic mass is 10.2. The Morgan fingerprint density at radius 1 is 1.14 bits per heavy atom. The van der Waals surface area contributed by atoms with Crippen molar-refractivity contribution in [3.8, 4) is 0 Å². The standard InChI is InChI=1S/C14H11Cl2NO4S/c1-8-2-4-10(5-3-8)22(20,21)17-12-7-9(14(18)19)6-11(15)13(12)16/h2-7,17H,1H3,(H,18,19). The van der Waals surface area contributed by atoms with Gasteiger partial charge in [-0.25, -0.2) is 13.2 Å². The largest absolute Gasteiger partial charge is 0.478 e. The van der Waals surface area contributed by atoms with Crippen molar-refractivity contribution >= 4 is 44.9 Å². The minimum Gasteiger partial charge on any atom is -0.478 e. The van der Waals surface area contributed by atoms with Crippen LogP contribution in [0.5, 0.6) is 0 Å². The van der Waals surface area contributed by atoms with E-state index in [1.54, 1.807) is 12.1 Å². The summed E-state index contributed by atoms with van der Waals surface area (Å²) in [6.07, 6.45) is 0. The summed E-state index contributed by atoms with van der Waals surface area (Å²) < 4.78 is 26.8. The van der Waals surface area contributed by atoms with Crippen LogP contribution in [-0.2, 0) is 10.0 Å². The maximum Gasteiger partial charge on any atom is 0.335 e. The summed E-state index contributed by atoms with van der Waals surface area (Å²) in [5, 5.41) is 8.87. The quantitative estimate of drug-likeness (QED) is 0.869. The predicted molar refractivity (Wildman–Crippen MR) is 85.4 cm³/mol. The summed E-state index contributed by atoms with van der Waals surface area (Å²) in [6.45, 7) is 1.83. The van der Waals surface area contributed by atoms with E-state index in [1.807, 2.05) is 6.92 Å². The molecule has 116 valence electrons. The Hall–Kier alpha value is -1.76. The van der Waals surface area contributed by atoms with Crippen LogP contribution in [0.2, 0.25) is 10.0 Å². The molecule has 0 aromatic heterocycles. The van der Waals surface area contributed by atoms with Crippen LogP contribution in [0.4, 0.5) is 5.69 Å². The zero-order valence-electron chi connectivity index (χ0n) is 11.3. The fourth-order valence-electron chi connectivity index (χ4n) is 1.71. The molecule has 2 aromatic carbocycles. The molecule has 22 heavy (non-hydrogen) atoms. The molecular weight excluding hydrogens is 349 g/mol. The van der Waals surface area contributed by atoms with Gasteiger partial charge in [0, 0.05) is 0 Å². The molecule has 5 nitrogen and oxygen atoms in total. The van der Waals surface area contributed by atoms with Crippen molar-refractivity contribution < 1.29 is 18.3 Å². The molecule has 0 radical (unpaired) electrons. The van der Waals surface area contributed by atoms with Gasteiger partial charge in [0.25, 0.3) is 10.0 Å². The van der Waals surface area contributed by atoms with E-state index >= 15 is 0 Å². The van der Waals surface area contributed by atoms with Crippen LogP contribution in [0.15, 0.2) is 41.3 Å². The highest BCUT2D eigenvalue weighted by molar-refractivity contribution is 7.92. The maximum atomic E-state index is 12.3.